The van der Waals surface area contributed by atoms with Crippen LogP contribution in [0.3, 0.4) is 0 Å². The Hall–Kier alpha value is -0.0800. The standard InChI is InChI=1S/C7H17NO/c1-3-6(2)4-7(8)5-9/h6-7,9H,3-5,8H2,1-2H3/t6-,7-/m0/s1. The Morgan fingerprint density at radius 1 is 1.56 bits per heavy atom. The van der Waals surface area contributed by atoms with Gasteiger partial charge >= 0.3 is 0 Å². The lowest BCUT2D eigenvalue weighted by atomic mass is 10.0. The van der Waals surface area contributed by atoms with E-state index in [-0.39, 0.29) is 12.6 Å². The number of aliphatic hydroxyl groups is 1. The van der Waals surface area contributed by atoms with Gasteiger partial charge in [0.05, 0.1) is 6.61 Å². The van der Waals surface area contributed by atoms with Crippen molar-refractivity contribution in [2.75, 3.05) is 6.61 Å². The predicted octanol–water partition coefficient (Wildman–Crippen LogP) is 0.742. The van der Waals surface area contributed by atoms with Crippen LogP contribution < -0.4 is 5.73 Å². The summed E-state index contributed by atoms with van der Waals surface area (Å²) in [5.74, 6) is 0.646. The highest BCUT2D eigenvalue weighted by atomic mass is 16.3. The van der Waals surface area contributed by atoms with Gasteiger partial charge in [-0.3, -0.25) is 0 Å². The Morgan fingerprint density at radius 3 is 2.44 bits per heavy atom. The monoisotopic (exact) mass is 131 g/mol. The fourth-order valence-electron chi connectivity index (χ4n) is 0.758. The second-order valence-electron chi connectivity index (χ2n) is 2.69. The lowest BCUT2D eigenvalue weighted by molar-refractivity contribution is 0.246. The SMILES string of the molecule is CC[C@H](C)C[C@H](N)CO. The van der Waals surface area contributed by atoms with Crippen LogP contribution in [0.5, 0.6) is 0 Å². The van der Waals surface area contributed by atoms with Crippen molar-refractivity contribution < 1.29 is 5.11 Å². The van der Waals surface area contributed by atoms with E-state index in [1.165, 1.54) is 0 Å². The molecule has 0 aromatic heterocycles. The Balaban J connectivity index is 3.22. The van der Waals surface area contributed by atoms with Gasteiger partial charge in [-0.05, 0) is 12.3 Å². The maximum absolute atomic E-state index is 8.55. The van der Waals surface area contributed by atoms with E-state index in [1.807, 2.05) is 0 Å². The highest BCUT2D eigenvalue weighted by Gasteiger charge is 2.04. The van der Waals surface area contributed by atoms with Crippen LogP contribution in [-0.4, -0.2) is 17.8 Å². The maximum atomic E-state index is 8.55. The molecule has 0 rings (SSSR count). The summed E-state index contributed by atoms with van der Waals surface area (Å²) < 4.78 is 0. The van der Waals surface area contributed by atoms with Gasteiger partial charge < -0.3 is 10.8 Å². The lowest BCUT2D eigenvalue weighted by Gasteiger charge is -2.12. The molecule has 0 bridgehead atoms. The molecule has 2 atom stereocenters. The summed E-state index contributed by atoms with van der Waals surface area (Å²) in [6, 6.07) is -0.0139. The van der Waals surface area contributed by atoms with Gasteiger partial charge in [-0.25, -0.2) is 0 Å². The van der Waals surface area contributed by atoms with Crippen LogP contribution in [0.15, 0.2) is 0 Å². The third-order valence-electron chi connectivity index (χ3n) is 1.64. The molecule has 0 aromatic rings. The molecule has 0 radical (unpaired) electrons. The quantitative estimate of drug-likeness (QED) is 0.591. The minimum atomic E-state index is -0.0139. The lowest BCUT2D eigenvalue weighted by Crippen LogP contribution is -2.26. The molecule has 0 amide bonds. The molecule has 0 spiro atoms. The Labute approximate surface area is 57.1 Å². The average Bonchev–Trinajstić information content (AvgIpc) is 1.87. The van der Waals surface area contributed by atoms with Crippen LogP contribution in [0.4, 0.5) is 0 Å². The van der Waals surface area contributed by atoms with Gasteiger partial charge in [-0.1, -0.05) is 20.3 Å². The van der Waals surface area contributed by atoms with Crippen LogP contribution in [0.1, 0.15) is 26.7 Å². The van der Waals surface area contributed by atoms with Gasteiger partial charge in [0, 0.05) is 6.04 Å². The molecule has 2 nitrogen and oxygen atoms in total. The van der Waals surface area contributed by atoms with E-state index < -0.39 is 0 Å². The number of hydrogen-bond acceptors (Lipinski definition) is 2. The summed E-state index contributed by atoms with van der Waals surface area (Å²) in [6.07, 6.45) is 2.08. The van der Waals surface area contributed by atoms with E-state index >= 15 is 0 Å². The largest absolute Gasteiger partial charge is 0.395 e. The highest BCUT2D eigenvalue weighted by molar-refractivity contribution is 4.62. The van der Waals surface area contributed by atoms with Crippen molar-refractivity contribution in [2.24, 2.45) is 11.7 Å². The molecule has 9 heavy (non-hydrogen) atoms. The van der Waals surface area contributed by atoms with E-state index in [9.17, 15) is 0 Å². The molecule has 0 saturated heterocycles. The number of aliphatic hydroxyl groups excluding tert-OH is 1. The summed E-state index contributed by atoms with van der Waals surface area (Å²) in [4.78, 5) is 0. The molecule has 0 heterocycles. The zero-order chi connectivity index (χ0) is 7.28. The molecule has 0 saturated carbocycles. The molecular formula is C7H17NO. The van der Waals surface area contributed by atoms with E-state index in [0.29, 0.717) is 5.92 Å². The second-order valence-corrected chi connectivity index (χ2v) is 2.69. The molecule has 2 heteroatoms. The first kappa shape index (κ1) is 8.92. The summed E-state index contributed by atoms with van der Waals surface area (Å²) in [5, 5.41) is 8.55. The smallest absolute Gasteiger partial charge is 0.0582 e. The Bertz CT molecular complexity index is 57.9. The minimum absolute atomic E-state index is 0.0139. The van der Waals surface area contributed by atoms with Crippen molar-refractivity contribution in [3.05, 3.63) is 0 Å². The molecule has 0 aliphatic rings. The fourth-order valence-corrected chi connectivity index (χ4v) is 0.758. The first-order chi connectivity index (χ1) is 4.20. The van der Waals surface area contributed by atoms with Crippen molar-refractivity contribution in [3.63, 3.8) is 0 Å². The summed E-state index contributed by atoms with van der Waals surface area (Å²) in [6.45, 7) is 4.40. The van der Waals surface area contributed by atoms with Crippen molar-refractivity contribution in [3.8, 4) is 0 Å². The normalized spacial score (nSPS) is 17.3. The van der Waals surface area contributed by atoms with Crippen molar-refractivity contribution in [1.29, 1.82) is 0 Å². The van der Waals surface area contributed by atoms with E-state index in [1.54, 1.807) is 0 Å². The first-order valence-electron chi connectivity index (χ1n) is 3.57. The van der Waals surface area contributed by atoms with E-state index in [0.717, 1.165) is 12.8 Å². The molecule has 0 aliphatic carbocycles. The van der Waals surface area contributed by atoms with Crippen LogP contribution in [0, 0.1) is 5.92 Å². The topological polar surface area (TPSA) is 46.2 Å². The average molecular weight is 131 g/mol. The van der Waals surface area contributed by atoms with Gasteiger partial charge in [0.2, 0.25) is 0 Å². The number of hydrogen-bond donors (Lipinski definition) is 2. The second kappa shape index (κ2) is 4.77. The number of nitrogens with two attached hydrogens (primary N) is 1. The maximum Gasteiger partial charge on any atom is 0.0582 e. The minimum Gasteiger partial charge on any atom is -0.395 e. The first-order valence-corrected chi connectivity index (χ1v) is 3.57. The number of rotatable bonds is 4. The molecular weight excluding hydrogens is 114 g/mol. The molecule has 0 fully saturated rings. The van der Waals surface area contributed by atoms with E-state index in [2.05, 4.69) is 13.8 Å². The molecule has 0 aliphatic heterocycles. The third kappa shape index (κ3) is 4.43. The van der Waals surface area contributed by atoms with Crippen molar-refractivity contribution >= 4 is 0 Å². The van der Waals surface area contributed by atoms with Crippen LogP contribution in [0.25, 0.3) is 0 Å². The Morgan fingerprint density at radius 2 is 2.11 bits per heavy atom. The van der Waals surface area contributed by atoms with Crippen molar-refractivity contribution in [2.45, 2.75) is 32.7 Å². The zero-order valence-electron chi connectivity index (χ0n) is 6.30. The van der Waals surface area contributed by atoms with Crippen molar-refractivity contribution in [1.82, 2.24) is 0 Å². The summed E-state index contributed by atoms with van der Waals surface area (Å²) in [5.41, 5.74) is 5.50. The van der Waals surface area contributed by atoms with Gasteiger partial charge in [0.1, 0.15) is 0 Å². The van der Waals surface area contributed by atoms with E-state index in [4.69, 9.17) is 10.8 Å². The Kier molecular flexibility index (Phi) is 4.72. The fraction of sp³-hybridized carbons (Fsp3) is 1.00. The predicted molar refractivity (Wildman–Crippen MR) is 39.1 cm³/mol. The molecule has 0 unspecified atom stereocenters. The van der Waals surface area contributed by atoms with Crippen LogP contribution >= 0.6 is 0 Å². The summed E-state index contributed by atoms with van der Waals surface area (Å²) in [7, 11) is 0. The molecule has 0 aromatic carbocycles. The van der Waals surface area contributed by atoms with Crippen LogP contribution in [0.2, 0.25) is 0 Å². The van der Waals surface area contributed by atoms with Gasteiger partial charge in [0.15, 0.2) is 0 Å². The third-order valence-corrected chi connectivity index (χ3v) is 1.64. The van der Waals surface area contributed by atoms with Gasteiger partial charge in [-0.2, -0.15) is 0 Å². The summed E-state index contributed by atoms with van der Waals surface area (Å²) >= 11 is 0. The van der Waals surface area contributed by atoms with Gasteiger partial charge in [0.25, 0.3) is 0 Å². The van der Waals surface area contributed by atoms with Crippen LogP contribution in [-0.2, 0) is 0 Å². The highest BCUT2D eigenvalue weighted by Crippen LogP contribution is 2.07. The molecule has 3 N–H and O–H groups in total. The molecule has 56 valence electrons. The zero-order valence-corrected chi connectivity index (χ0v) is 6.30. The van der Waals surface area contributed by atoms with Gasteiger partial charge in [-0.15, -0.1) is 0 Å².